The predicted octanol–water partition coefficient (Wildman–Crippen LogP) is 2.78. The summed E-state index contributed by atoms with van der Waals surface area (Å²) in [4.78, 5) is 2.48. The first kappa shape index (κ1) is 15.2. The summed E-state index contributed by atoms with van der Waals surface area (Å²) in [6, 6.07) is 10.8. The highest BCUT2D eigenvalue weighted by atomic mass is 35.5. The van der Waals surface area contributed by atoms with Crippen LogP contribution in [0, 0.1) is 12.8 Å². The van der Waals surface area contributed by atoms with Crippen LogP contribution in [-0.4, -0.2) is 41.0 Å². The van der Waals surface area contributed by atoms with Gasteiger partial charge in [0.05, 0.1) is 29.6 Å². The van der Waals surface area contributed by atoms with Crippen LogP contribution in [0.4, 0.5) is 0 Å². The van der Waals surface area contributed by atoms with E-state index in [-0.39, 0.29) is 5.41 Å². The maximum Gasteiger partial charge on any atom is 0.0953 e. The minimum Gasteiger partial charge on any atom is -0.380 e. The van der Waals surface area contributed by atoms with E-state index in [1.54, 1.807) is 0 Å². The van der Waals surface area contributed by atoms with E-state index in [0.717, 1.165) is 49.3 Å². The Bertz CT molecular complexity index is 715. The van der Waals surface area contributed by atoms with Gasteiger partial charge in [-0.1, -0.05) is 41.9 Å². The van der Waals surface area contributed by atoms with Crippen molar-refractivity contribution in [3.05, 3.63) is 52.3 Å². The molecule has 1 aromatic carbocycles. The number of fused-ring (bicyclic) bond motifs is 1. The molecule has 2 fully saturated rings. The molecule has 1 aromatic heterocycles. The van der Waals surface area contributed by atoms with Gasteiger partial charge < -0.3 is 4.74 Å². The second-order valence-electron chi connectivity index (χ2n) is 6.87. The monoisotopic (exact) mass is 331 g/mol. The molecule has 2 saturated heterocycles. The van der Waals surface area contributed by atoms with Crippen molar-refractivity contribution in [2.75, 3.05) is 26.3 Å². The van der Waals surface area contributed by atoms with Gasteiger partial charge in [-0.05, 0) is 12.5 Å². The van der Waals surface area contributed by atoms with E-state index in [1.165, 1.54) is 5.56 Å². The Morgan fingerprint density at radius 1 is 1.35 bits per heavy atom. The van der Waals surface area contributed by atoms with E-state index in [0.29, 0.717) is 5.92 Å². The van der Waals surface area contributed by atoms with E-state index >= 15 is 0 Å². The molecule has 2 aromatic rings. The molecule has 0 aliphatic carbocycles. The summed E-state index contributed by atoms with van der Waals surface area (Å²) in [7, 11) is 1.95. The maximum absolute atomic E-state index is 6.43. The van der Waals surface area contributed by atoms with Gasteiger partial charge in [0.1, 0.15) is 0 Å². The number of hydrogen-bond acceptors (Lipinski definition) is 3. The van der Waals surface area contributed by atoms with E-state index in [2.05, 4.69) is 40.3 Å². The highest BCUT2D eigenvalue weighted by Gasteiger charge is 2.51. The molecule has 0 radical (unpaired) electrons. The third kappa shape index (κ3) is 2.40. The zero-order chi connectivity index (χ0) is 16.0. The largest absolute Gasteiger partial charge is 0.380 e. The number of rotatable bonds is 3. The fourth-order valence-corrected chi connectivity index (χ4v) is 4.32. The van der Waals surface area contributed by atoms with Crippen molar-refractivity contribution in [2.45, 2.75) is 18.9 Å². The normalized spacial score (nSPS) is 27.5. The third-order valence-corrected chi connectivity index (χ3v) is 5.99. The van der Waals surface area contributed by atoms with Crippen molar-refractivity contribution in [3.63, 3.8) is 0 Å². The molecule has 0 spiro atoms. The fraction of sp³-hybridized carbons (Fsp3) is 0.500. The Hall–Kier alpha value is -1.36. The number of aryl methyl sites for hydroxylation is 1. The lowest BCUT2D eigenvalue weighted by atomic mass is 9.75. The lowest BCUT2D eigenvalue weighted by Gasteiger charge is -2.28. The van der Waals surface area contributed by atoms with Crippen LogP contribution in [0.25, 0.3) is 0 Å². The molecule has 2 atom stereocenters. The van der Waals surface area contributed by atoms with Crippen molar-refractivity contribution < 1.29 is 4.74 Å². The minimum absolute atomic E-state index is 0.123. The van der Waals surface area contributed by atoms with Crippen LogP contribution in [0.2, 0.25) is 5.02 Å². The first-order valence-corrected chi connectivity index (χ1v) is 8.51. The van der Waals surface area contributed by atoms with Crippen molar-refractivity contribution in [3.8, 4) is 0 Å². The molecule has 0 saturated carbocycles. The summed E-state index contributed by atoms with van der Waals surface area (Å²) in [6.45, 7) is 6.53. The summed E-state index contributed by atoms with van der Waals surface area (Å²) >= 11 is 6.43. The van der Waals surface area contributed by atoms with Crippen LogP contribution in [0.5, 0.6) is 0 Å². The number of hydrogen-bond donors (Lipinski definition) is 0. The van der Waals surface area contributed by atoms with Crippen molar-refractivity contribution in [2.24, 2.45) is 13.0 Å². The number of likely N-dealkylation sites (tertiary alicyclic amines) is 1. The highest BCUT2D eigenvalue weighted by molar-refractivity contribution is 6.31. The van der Waals surface area contributed by atoms with Gasteiger partial charge in [-0.3, -0.25) is 9.58 Å². The third-order valence-electron chi connectivity index (χ3n) is 5.49. The van der Waals surface area contributed by atoms with Gasteiger partial charge in [0.25, 0.3) is 0 Å². The molecule has 4 nitrogen and oxygen atoms in total. The molecule has 4 rings (SSSR count). The van der Waals surface area contributed by atoms with Crippen LogP contribution in [-0.2, 0) is 23.7 Å². The summed E-state index contributed by atoms with van der Waals surface area (Å²) in [5.41, 5.74) is 3.53. The van der Waals surface area contributed by atoms with Gasteiger partial charge in [-0.2, -0.15) is 5.10 Å². The molecule has 0 bridgehead atoms. The Morgan fingerprint density at radius 2 is 2.13 bits per heavy atom. The smallest absolute Gasteiger partial charge is 0.0953 e. The average Bonchev–Trinajstić information content (AvgIpc) is 3.17. The lowest BCUT2D eigenvalue weighted by Crippen LogP contribution is -2.35. The highest BCUT2D eigenvalue weighted by Crippen LogP contribution is 2.44. The van der Waals surface area contributed by atoms with Crippen LogP contribution < -0.4 is 0 Å². The Morgan fingerprint density at radius 3 is 2.83 bits per heavy atom. The zero-order valence-corrected chi connectivity index (χ0v) is 14.4. The molecule has 122 valence electrons. The molecule has 0 unspecified atom stereocenters. The molecule has 3 heterocycles. The first-order valence-electron chi connectivity index (χ1n) is 8.14. The Labute approximate surface area is 142 Å². The van der Waals surface area contributed by atoms with Crippen LogP contribution in [0.1, 0.15) is 17.0 Å². The van der Waals surface area contributed by atoms with Crippen molar-refractivity contribution in [1.82, 2.24) is 14.7 Å². The van der Waals surface area contributed by atoms with Crippen LogP contribution >= 0.6 is 11.6 Å². The minimum atomic E-state index is 0.123. The fourth-order valence-electron chi connectivity index (χ4n) is 4.10. The zero-order valence-electron chi connectivity index (χ0n) is 13.6. The van der Waals surface area contributed by atoms with Gasteiger partial charge in [-0.25, -0.2) is 0 Å². The van der Waals surface area contributed by atoms with Crippen molar-refractivity contribution in [1.29, 1.82) is 0 Å². The number of ether oxygens (including phenoxy) is 1. The lowest BCUT2D eigenvalue weighted by molar-refractivity contribution is 0.146. The van der Waals surface area contributed by atoms with E-state index in [1.807, 2.05) is 18.7 Å². The van der Waals surface area contributed by atoms with Gasteiger partial charge in [0, 0.05) is 38.0 Å². The van der Waals surface area contributed by atoms with E-state index in [4.69, 9.17) is 16.3 Å². The quantitative estimate of drug-likeness (QED) is 0.866. The Balaban J connectivity index is 1.59. The first-order chi connectivity index (χ1) is 11.1. The molecule has 2 aliphatic rings. The summed E-state index contributed by atoms with van der Waals surface area (Å²) in [5.74, 6) is 0.550. The van der Waals surface area contributed by atoms with Gasteiger partial charge in [-0.15, -0.1) is 0 Å². The average molecular weight is 332 g/mol. The Kier molecular flexibility index (Phi) is 3.71. The second kappa shape index (κ2) is 5.62. The topological polar surface area (TPSA) is 30.3 Å². The number of nitrogens with zero attached hydrogens (tertiary/aromatic N) is 3. The van der Waals surface area contributed by atoms with Crippen LogP contribution in [0.3, 0.4) is 0 Å². The van der Waals surface area contributed by atoms with Gasteiger partial charge >= 0.3 is 0 Å². The summed E-state index contributed by atoms with van der Waals surface area (Å²) in [6.07, 6.45) is 0. The molecular weight excluding hydrogens is 310 g/mol. The van der Waals surface area contributed by atoms with Gasteiger partial charge in [0.15, 0.2) is 0 Å². The number of benzene rings is 1. The molecule has 5 heteroatoms. The summed E-state index contributed by atoms with van der Waals surface area (Å²) in [5, 5.41) is 5.37. The molecule has 2 aliphatic heterocycles. The predicted molar refractivity (Wildman–Crippen MR) is 90.7 cm³/mol. The van der Waals surface area contributed by atoms with E-state index in [9.17, 15) is 0 Å². The number of aromatic nitrogens is 2. The molecular formula is C18H22ClN3O. The molecule has 23 heavy (non-hydrogen) atoms. The maximum atomic E-state index is 6.43. The van der Waals surface area contributed by atoms with Crippen LogP contribution in [0.15, 0.2) is 30.3 Å². The standard InChI is InChI=1S/C18H22ClN3O/c1-13-17(19)16(20-21(13)2)9-22-8-15-10-23-12-18(15,11-22)14-6-4-3-5-7-14/h3-7,15H,8-12H2,1-2H3/t15-,18+/m1/s1. The van der Waals surface area contributed by atoms with Gasteiger partial charge in [0.2, 0.25) is 0 Å². The molecule has 0 N–H and O–H groups in total. The SMILES string of the molecule is Cc1c(Cl)c(CN2C[C@@H]3COC[C@]3(c3ccccc3)C2)nn1C. The second-order valence-corrected chi connectivity index (χ2v) is 7.25. The number of halogens is 1. The van der Waals surface area contributed by atoms with Crippen molar-refractivity contribution >= 4 is 11.6 Å². The van der Waals surface area contributed by atoms with E-state index < -0.39 is 0 Å². The molecule has 0 amide bonds. The summed E-state index contributed by atoms with van der Waals surface area (Å²) < 4.78 is 7.71.